The molecule has 0 spiro atoms. The van der Waals surface area contributed by atoms with Crippen LogP contribution in [-0.4, -0.2) is 23.9 Å². The van der Waals surface area contributed by atoms with Gasteiger partial charge in [0.25, 0.3) is 6.43 Å². The first kappa shape index (κ1) is 12.7. The standard InChI is InChI=1S/C10H13F2NO3/c1-16-5-2-6(8(13)4-14)9(15)7(3-5)10(11)12/h2-3,8,10,14-15H,4,13H2,1H3. The predicted octanol–water partition coefficient (Wildman–Crippen LogP) is 1.33. The van der Waals surface area contributed by atoms with Crippen LogP contribution in [0.5, 0.6) is 11.5 Å². The maximum atomic E-state index is 12.6. The van der Waals surface area contributed by atoms with Crippen molar-refractivity contribution in [3.63, 3.8) is 0 Å². The van der Waals surface area contributed by atoms with E-state index in [9.17, 15) is 13.9 Å². The van der Waals surface area contributed by atoms with E-state index in [2.05, 4.69) is 0 Å². The topological polar surface area (TPSA) is 75.7 Å². The highest BCUT2D eigenvalue weighted by molar-refractivity contribution is 5.48. The van der Waals surface area contributed by atoms with Gasteiger partial charge in [-0.2, -0.15) is 0 Å². The van der Waals surface area contributed by atoms with E-state index in [0.29, 0.717) is 0 Å². The normalized spacial score (nSPS) is 12.9. The van der Waals surface area contributed by atoms with E-state index in [4.69, 9.17) is 15.6 Å². The molecule has 1 unspecified atom stereocenters. The van der Waals surface area contributed by atoms with Crippen LogP contribution in [0.25, 0.3) is 0 Å². The number of alkyl halides is 2. The van der Waals surface area contributed by atoms with Gasteiger partial charge in [-0.3, -0.25) is 0 Å². The van der Waals surface area contributed by atoms with E-state index in [0.717, 1.165) is 6.07 Å². The summed E-state index contributed by atoms with van der Waals surface area (Å²) in [6, 6.07) is 1.43. The van der Waals surface area contributed by atoms with Gasteiger partial charge in [-0.25, -0.2) is 8.78 Å². The molecule has 16 heavy (non-hydrogen) atoms. The lowest BCUT2D eigenvalue weighted by Crippen LogP contribution is -2.15. The van der Waals surface area contributed by atoms with Crippen LogP contribution in [0.15, 0.2) is 12.1 Å². The number of nitrogens with two attached hydrogens (primary N) is 1. The fraction of sp³-hybridized carbons (Fsp3) is 0.400. The van der Waals surface area contributed by atoms with Gasteiger partial charge in [-0.15, -0.1) is 0 Å². The zero-order valence-electron chi connectivity index (χ0n) is 8.65. The Kier molecular flexibility index (Phi) is 4.03. The molecule has 4 N–H and O–H groups in total. The van der Waals surface area contributed by atoms with Crippen LogP contribution in [0.4, 0.5) is 8.78 Å². The molecule has 1 atom stereocenters. The summed E-state index contributed by atoms with van der Waals surface area (Å²) in [5.74, 6) is -0.440. The van der Waals surface area contributed by atoms with Gasteiger partial charge in [0.1, 0.15) is 11.5 Å². The molecule has 0 aliphatic carbocycles. The summed E-state index contributed by atoms with van der Waals surface area (Å²) in [6.07, 6.45) is -2.83. The van der Waals surface area contributed by atoms with E-state index in [-0.39, 0.29) is 11.3 Å². The molecule has 1 aromatic rings. The second-order valence-corrected chi connectivity index (χ2v) is 3.24. The van der Waals surface area contributed by atoms with Gasteiger partial charge >= 0.3 is 0 Å². The monoisotopic (exact) mass is 233 g/mol. The van der Waals surface area contributed by atoms with Gasteiger partial charge in [0.05, 0.1) is 25.3 Å². The van der Waals surface area contributed by atoms with Crippen molar-refractivity contribution in [3.8, 4) is 11.5 Å². The van der Waals surface area contributed by atoms with Crippen LogP contribution in [0.3, 0.4) is 0 Å². The molecule has 4 nitrogen and oxygen atoms in total. The number of aliphatic hydroxyl groups excluding tert-OH is 1. The van der Waals surface area contributed by atoms with Crippen LogP contribution in [0.1, 0.15) is 23.6 Å². The molecule has 6 heteroatoms. The molecule has 1 aromatic carbocycles. The molecule has 0 radical (unpaired) electrons. The van der Waals surface area contributed by atoms with Crippen molar-refractivity contribution < 1.29 is 23.7 Å². The average molecular weight is 233 g/mol. The van der Waals surface area contributed by atoms with Crippen LogP contribution in [-0.2, 0) is 0 Å². The maximum Gasteiger partial charge on any atom is 0.267 e. The number of hydrogen-bond donors (Lipinski definition) is 3. The Morgan fingerprint density at radius 3 is 2.38 bits per heavy atom. The summed E-state index contributed by atoms with van der Waals surface area (Å²) in [5.41, 5.74) is 4.96. The SMILES string of the molecule is COc1cc(C(F)F)c(O)c(C(N)CO)c1. The lowest BCUT2D eigenvalue weighted by Gasteiger charge is -2.15. The third-order valence-corrected chi connectivity index (χ3v) is 2.21. The molecule has 0 amide bonds. The minimum atomic E-state index is -2.83. The van der Waals surface area contributed by atoms with Gasteiger partial charge in [-0.1, -0.05) is 0 Å². The summed E-state index contributed by atoms with van der Waals surface area (Å²) < 4.78 is 30.0. The van der Waals surface area contributed by atoms with E-state index in [1.165, 1.54) is 13.2 Å². The number of ether oxygens (including phenoxy) is 1. The summed E-state index contributed by atoms with van der Waals surface area (Å²) in [4.78, 5) is 0. The molecule has 0 fully saturated rings. The van der Waals surface area contributed by atoms with Gasteiger partial charge in [0.2, 0.25) is 0 Å². The number of rotatable bonds is 4. The third-order valence-electron chi connectivity index (χ3n) is 2.21. The summed E-state index contributed by atoms with van der Waals surface area (Å²) in [5, 5.41) is 18.4. The van der Waals surface area contributed by atoms with Crippen molar-refractivity contribution in [1.82, 2.24) is 0 Å². The fourth-order valence-electron chi connectivity index (χ4n) is 1.32. The number of aromatic hydroxyl groups is 1. The quantitative estimate of drug-likeness (QED) is 0.733. The fourth-order valence-corrected chi connectivity index (χ4v) is 1.32. The first-order chi connectivity index (χ1) is 7.51. The van der Waals surface area contributed by atoms with Gasteiger partial charge < -0.3 is 20.7 Å². The van der Waals surface area contributed by atoms with Crippen LogP contribution >= 0.6 is 0 Å². The van der Waals surface area contributed by atoms with Crippen molar-refractivity contribution in [2.45, 2.75) is 12.5 Å². The largest absolute Gasteiger partial charge is 0.507 e. The maximum absolute atomic E-state index is 12.6. The van der Waals surface area contributed by atoms with E-state index < -0.39 is 30.4 Å². The van der Waals surface area contributed by atoms with E-state index >= 15 is 0 Å². The third kappa shape index (κ3) is 2.40. The smallest absolute Gasteiger partial charge is 0.267 e. The number of halogens is 2. The predicted molar refractivity (Wildman–Crippen MR) is 53.6 cm³/mol. The summed E-state index contributed by atoms with van der Waals surface area (Å²) in [7, 11) is 1.32. The van der Waals surface area contributed by atoms with Gasteiger partial charge in [0.15, 0.2) is 0 Å². The van der Waals surface area contributed by atoms with Crippen LogP contribution < -0.4 is 10.5 Å². The van der Waals surface area contributed by atoms with Crippen molar-refractivity contribution in [2.24, 2.45) is 5.73 Å². The lowest BCUT2D eigenvalue weighted by molar-refractivity contribution is 0.146. The summed E-state index contributed by atoms with van der Waals surface area (Å²) in [6.45, 7) is -0.455. The molecular formula is C10H13F2NO3. The Labute approximate surface area is 91.3 Å². The zero-order valence-corrected chi connectivity index (χ0v) is 8.65. The second kappa shape index (κ2) is 5.09. The number of phenolic OH excluding ortho intramolecular Hbond substituents is 1. The Balaban J connectivity index is 3.31. The van der Waals surface area contributed by atoms with Gasteiger partial charge in [0, 0.05) is 5.56 Å². The molecule has 0 aliphatic rings. The first-order valence-corrected chi connectivity index (χ1v) is 4.56. The number of aliphatic hydroxyl groups is 1. The highest BCUT2D eigenvalue weighted by Gasteiger charge is 2.20. The van der Waals surface area contributed by atoms with Crippen LogP contribution in [0.2, 0.25) is 0 Å². The zero-order chi connectivity index (χ0) is 12.3. The van der Waals surface area contributed by atoms with Crippen molar-refractivity contribution >= 4 is 0 Å². The number of methoxy groups -OCH3 is 1. The van der Waals surface area contributed by atoms with Crippen LogP contribution in [0, 0.1) is 0 Å². The second-order valence-electron chi connectivity index (χ2n) is 3.24. The molecule has 0 heterocycles. The van der Waals surface area contributed by atoms with E-state index in [1.54, 1.807) is 0 Å². The molecule has 1 rings (SSSR count). The molecule has 0 bridgehead atoms. The molecule has 0 aromatic heterocycles. The Bertz CT molecular complexity index is 371. The molecule has 0 saturated heterocycles. The highest BCUT2D eigenvalue weighted by Crippen LogP contribution is 2.37. The number of benzene rings is 1. The molecule has 90 valence electrons. The Hall–Kier alpha value is -1.40. The van der Waals surface area contributed by atoms with E-state index in [1.807, 2.05) is 0 Å². The Morgan fingerprint density at radius 1 is 1.38 bits per heavy atom. The molecular weight excluding hydrogens is 220 g/mol. The Morgan fingerprint density at radius 2 is 1.94 bits per heavy atom. The molecule has 0 aliphatic heterocycles. The molecule has 0 saturated carbocycles. The summed E-state index contributed by atoms with van der Waals surface area (Å²) >= 11 is 0. The number of phenols is 1. The number of hydrogen-bond acceptors (Lipinski definition) is 4. The lowest BCUT2D eigenvalue weighted by atomic mass is 10.0. The minimum Gasteiger partial charge on any atom is -0.507 e. The average Bonchev–Trinajstić information content (AvgIpc) is 2.28. The highest BCUT2D eigenvalue weighted by atomic mass is 19.3. The van der Waals surface area contributed by atoms with Gasteiger partial charge in [-0.05, 0) is 12.1 Å². The van der Waals surface area contributed by atoms with Crippen molar-refractivity contribution in [2.75, 3.05) is 13.7 Å². The van der Waals surface area contributed by atoms with Crippen molar-refractivity contribution in [1.29, 1.82) is 0 Å². The first-order valence-electron chi connectivity index (χ1n) is 4.56. The van der Waals surface area contributed by atoms with Crippen molar-refractivity contribution in [3.05, 3.63) is 23.3 Å². The minimum absolute atomic E-state index is 0.0390.